The molecule has 20 heavy (non-hydrogen) atoms. The molecule has 1 aromatic carbocycles. The molecule has 0 bridgehead atoms. The average molecular weight is 506 g/mol. The minimum atomic E-state index is -0.328. The van der Waals surface area contributed by atoms with Crippen LogP contribution in [0.2, 0.25) is 0 Å². The maximum Gasteiger partial charge on any atom is 0.338 e. The molecule has 0 fully saturated rings. The molecule has 0 saturated heterocycles. The monoisotopic (exact) mass is 506 g/mol. The first-order valence-corrected chi connectivity index (χ1v) is 8.11. The first kappa shape index (κ1) is 17.9. The van der Waals surface area contributed by atoms with E-state index in [2.05, 4.69) is 45.2 Å². The summed E-state index contributed by atoms with van der Waals surface area (Å²) < 4.78 is 22.4. The minimum Gasteiger partial charge on any atom is -0.465 e. The highest BCUT2D eigenvalue weighted by Gasteiger charge is 2.14. The largest absolute Gasteiger partial charge is 0.465 e. The molecule has 0 aliphatic rings. The molecule has 0 aromatic heterocycles. The van der Waals surface area contributed by atoms with Gasteiger partial charge in [-0.2, -0.15) is 0 Å². The first-order valence-electron chi connectivity index (χ1n) is 5.95. The number of carbonyl (C=O) groups is 1. The number of ether oxygens (including phenoxy) is 4. The van der Waals surface area contributed by atoms with E-state index in [9.17, 15) is 4.79 Å². The molecule has 0 amide bonds. The Morgan fingerprint density at radius 3 is 2.40 bits per heavy atom. The van der Waals surface area contributed by atoms with Gasteiger partial charge >= 0.3 is 5.97 Å². The van der Waals surface area contributed by atoms with Crippen LogP contribution in [-0.2, 0) is 14.2 Å². The quantitative estimate of drug-likeness (QED) is 0.235. The van der Waals surface area contributed by atoms with Gasteiger partial charge in [0, 0.05) is 7.11 Å². The number of halogens is 2. The summed E-state index contributed by atoms with van der Waals surface area (Å²) in [5, 5.41) is 0. The van der Waals surface area contributed by atoms with Gasteiger partial charge in [-0.05, 0) is 64.2 Å². The van der Waals surface area contributed by atoms with E-state index in [4.69, 9.17) is 18.9 Å². The van der Waals surface area contributed by atoms with E-state index < -0.39 is 0 Å². The summed E-state index contributed by atoms with van der Waals surface area (Å²) in [5.41, 5.74) is 0.522. The predicted octanol–water partition coefficient (Wildman–Crippen LogP) is 3.07. The number of hydrogen-bond donors (Lipinski definition) is 0. The van der Waals surface area contributed by atoms with Gasteiger partial charge < -0.3 is 18.9 Å². The summed E-state index contributed by atoms with van der Waals surface area (Å²) in [4.78, 5) is 11.7. The third-order valence-corrected chi connectivity index (χ3v) is 3.83. The van der Waals surface area contributed by atoms with Gasteiger partial charge in [-0.25, -0.2) is 4.79 Å². The SMILES string of the molecule is CCOC(=O)c1cc(I)c(OCOCCOC)c(I)c1. The molecule has 0 unspecified atom stereocenters. The zero-order valence-corrected chi connectivity index (χ0v) is 15.6. The number of esters is 1. The summed E-state index contributed by atoms with van der Waals surface area (Å²) >= 11 is 4.25. The highest BCUT2D eigenvalue weighted by molar-refractivity contribution is 14.1. The van der Waals surface area contributed by atoms with Gasteiger partial charge in [-0.1, -0.05) is 0 Å². The van der Waals surface area contributed by atoms with Gasteiger partial charge in [0.05, 0.1) is 32.5 Å². The van der Waals surface area contributed by atoms with Crippen LogP contribution in [0.3, 0.4) is 0 Å². The van der Waals surface area contributed by atoms with E-state index in [1.807, 2.05) is 0 Å². The van der Waals surface area contributed by atoms with Crippen molar-refractivity contribution in [3.05, 3.63) is 24.8 Å². The minimum absolute atomic E-state index is 0.147. The van der Waals surface area contributed by atoms with Crippen molar-refractivity contribution in [1.29, 1.82) is 0 Å². The Labute approximate surface area is 145 Å². The molecule has 7 heteroatoms. The van der Waals surface area contributed by atoms with Crippen molar-refractivity contribution in [1.82, 2.24) is 0 Å². The molecule has 0 spiro atoms. The number of methoxy groups -OCH3 is 1. The number of rotatable bonds is 8. The lowest BCUT2D eigenvalue weighted by Gasteiger charge is -2.12. The Morgan fingerprint density at radius 2 is 1.85 bits per heavy atom. The smallest absolute Gasteiger partial charge is 0.338 e. The predicted molar refractivity (Wildman–Crippen MR) is 91.2 cm³/mol. The molecule has 0 N–H and O–H groups in total. The van der Waals surface area contributed by atoms with Gasteiger partial charge in [-0.15, -0.1) is 0 Å². The Bertz CT molecular complexity index is 427. The third kappa shape index (κ3) is 5.70. The van der Waals surface area contributed by atoms with Crippen LogP contribution in [0.4, 0.5) is 0 Å². The van der Waals surface area contributed by atoms with Crippen molar-refractivity contribution in [2.24, 2.45) is 0 Å². The Hall–Kier alpha value is -0.130. The topological polar surface area (TPSA) is 54.0 Å². The lowest BCUT2D eigenvalue weighted by Crippen LogP contribution is -2.10. The van der Waals surface area contributed by atoms with Crippen molar-refractivity contribution < 1.29 is 23.7 Å². The standard InChI is InChI=1S/C13H16I2O5/c1-3-19-13(16)9-6-10(14)12(11(15)7-9)20-8-18-5-4-17-2/h6-7H,3-5,8H2,1-2H3. The zero-order chi connectivity index (χ0) is 15.0. The second kappa shape index (κ2) is 9.74. The van der Waals surface area contributed by atoms with Crippen molar-refractivity contribution >= 4 is 51.2 Å². The van der Waals surface area contributed by atoms with Gasteiger partial charge in [-0.3, -0.25) is 0 Å². The van der Waals surface area contributed by atoms with Crippen molar-refractivity contribution in [2.45, 2.75) is 6.92 Å². The summed E-state index contributed by atoms with van der Waals surface area (Å²) in [6.07, 6.45) is 0. The van der Waals surface area contributed by atoms with Gasteiger partial charge in [0.1, 0.15) is 5.75 Å². The fourth-order valence-electron chi connectivity index (χ4n) is 1.33. The highest BCUT2D eigenvalue weighted by atomic mass is 127. The van der Waals surface area contributed by atoms with Gasteiger partial charge in [0.25, 0.3) is 0 Å². The van der Waals surface area contributed by atoms with Crippen molar-refractivity contribution in [2.75, 3.05) is 33.7 Å². The van der Waals surface area contributed by atoms with Crippen molar-refractivity contribution in [3.63, 3.8) is 0 Å². The second-order valence-corrected chi connectivity index (χ2v) is 5.98. The van der Waals surface area contributed by atoms with Crippen LogP contribution in [0.25, 0.3) is 0 Å². The molecule has 0 aliphatic heterocycles. The normalized spacial score (nSPS) is 10.4. The average Bonchev–Trinajstić information content (AvgIpc) is 2.41. The third-order valence-electron chi connectivity index (χ3n) is 2.23. The molecule has 1 rings (SSSR count). The zero-order valence-electron chi connectivity index (χ0n) is 11.3. The molecular formula is C13H16I2O5. The van der Waals surface area contributed by atoms with E-state index in [0.717, 1.165) is 7.14 Å². The Morgan fingerprint density at radius 1 is 1.20 bits per heavy atom. The summed E-state index contributed by atoms with van der Waals surface area (Å²) in [6.45, 7) is 3.29. The van der Waals surface area contributed by atoms with E-state index in [0.29, 0.717) is 31.1 Å². The molecule has 0 heterocycles. The summed E-state index contributed by atoms with van der Waals surface area (Å²) in [7, 11) is 1.62. The van der Waals surface area contributed by atoms with E-state index in [1.165, 1.54) is 0 Å². The Balaban J connectivity index is 2.67. The summed E-state index contributed by atoms with van der Waals surface area (Å²) in [6, 6.07) is 3.48. The molecule has 0 atom stereocenters. The molecular weight excluding hydrogens is 490 g/mol. The molecule has 0 radical (unpaired) electrons. The van der Waals surface area contributed by atoms with Crippen LogP contribution in [0.5, 0.6) is 5.75 Å². The van der Waals surface area contributed by atoms with E-state index >= 15 is 0 Å². The fraction of sp³-hybridized carbons (Fsp3) is 0.462. The molecule has 0 aliphatic carbocycles. The van der Waals surface area contributed by atoms with Crippen LogP contribution in [0, 0.1) is 7.14 Å². The fourth-order valence-corrected chi connectivity index (χ4v) is 3.41. The first-order chi connectivity index (χ1) is 9.60. The molecule has 112 valence electrons. The van der Waals surface area contributed by atoms with E-state index in [-0.39, 0.29) is 12.8 Å². The lowest BCUT2D eigenvalue weighted by molar-refractivity contribution is -0.00922. The second-order valence-electron chi connectivity index (χ2n) is 3.65. The van der Waals surface area contributed by atoms with Crippen LogP contribution in [-0.4, -0.2) is 39.7 Å². The Kier molecular flexibility index (Phi) is 8.73. The maximum atomic E-state index is 11.7. The molecule has 0 saturated carbocycles. The maximum absolute atomic E-state index is 11.7. The van der Waals surface area contributed by atoms with Gasteiger partial charge in [0.2, 0.25) is 0 Å². The van der Waals surface area contributed by atoms with Crippen molar-refractivity contribution in [3.8, 4) is 5.75 Å². The van der Waals surface area contributed by atoms with Crippen LogP contribution < -0.4 is 4.74 Å². The molecule has 5 nitrogen and oxygen atoms in total. The van der Waals surface area contributed by atoms with Crippen LogP contribution in [0.15, 0.2) is 12.1 Å². The number of benzene rings is 1. The van der Waals surface area contributed by atoms with Gasteiger partial charge in [0.15, 0.2) is 6.79 Å². The molecule has 1 aromatic rings. The number of hydrogen-bond acceptors (Lipinski definition) is 5. The lowest BCUT2D eigenvalue weighted by atomic mass is 10.2. The highest BCUT2D eigenvalue weighted by Crippen LogP contribution is 2.29. The summed E-state index contributed by atoms with van der Waals surface area (Å²) in [5.74, 6) is 0.378. The van der Waals surface area contributed by atoms with Crippen LogP contribution >= 0.6 is 45.2 Å². The van der Waals surface area contributed by atoms with E-state index in [1.54, 1.807) is 26.2 Å². The van der Waals surface area contributed by atoms with Crippen LogP contribution in [0.1, 0.15) is 17.3 Å². The number of carbonyl (C=O) groups excluding carboxylic acids is 1.